The van der Waals surface area contributed by atoms with E-state index in [9.17, 15) is 19.2 Å². The molecule has 6 nitrogen and oxygen atoms in total. The topological polar surface area (TPSA) is 86.7 Å². The maximum absolute atomic E-state index is 12.6. The predicted molar refractivity (Wildman–Crippen MR) is 153 cm³/mol. The van der Waals surface area contributed by atoms with Gasteiger partial charge in [0.15, 0.2) is 11.6 Å². The van der Waals surface area contributed by atoms with Gasteiger partial charge in [-0.1, -0.05) is 121 Å². The van der Waals surface area contributed by atoms with Gasteiger partial charge in [0.1, 0.15) is 11.8 Å². The van der Waals surface area contributed by atoms with Crippen molar-refractivity contribution in [1.29, 1.82) is 0 Å². The average Bonchev–Trinajstić information content (AvgIpc) is 3.00. The van der Waals surface area contributed by atoms with Gasteiger partial charge >= 0.3 is 11.9 Å². The van der Waals surface area contributed by atoms with Gasteiger partial charge in [-0.3, -0.25) is 19.2 Å². The van der Waals surface area contributed by atoms with Crippen LogP contribution in [0, 0.1) is 0 Å². The summed E-state index contributed by atoms with van der Waals surface area (Å²) in [5.74, 6) is -3.30. The summed E-state index contributed by atoms with van der Waals surface area (Å²) < 4.78 is 10.1. The molecule has 0 fully saturated rings. The minimum Gasteiger partial charge on any atom is -0.465 e. The Balaban J connectivity index is 0.000000220. The summed E-state index contributed by atoms with van der Waals surface area (Å²) in [6, 6.07) is 35.6. The average molecular weight is 537 g/mol. The van der Waals surface area contributed by atoms with Gasteiger partial charge in [-0.15, -0.1) is 0 Å². The van der Waals surface area contributed by atoms with Crippen LogP contribution in [0.2, 0.25) is 0 Å². The van der Waals surface area contributed by atoms with Crippen molar-refractivity contribution in [3.63, 3.8) is 0 Å². The lowest BCUT2D eigenvalue weighted by Crippen LogP contribution is -2.24. The van der Waals surface area contributed by atoms with Crippen molar-refractivity contribution < 1.29 is 28.7 Å². The summed E-state index contributed by atoms with van der Waals surface area (Å²) in [5.41, 5.74) is 2.32. The summed E-state index contributed by atoms with van der Waals surface area (Å²) in [6.45, 7) is 3.97. The highest BCUT2D eigenvalue weighted by Crippen LogP contribution is 2.24. The van der Waals surface area contributed by atoms with Crippen LogP contribution in [0.5, 0.6) is 0 Å². The van der Waals surface area contributed by atoms with Crippen molar-refractivity contribution in [2.75, 3.05) is 13.2 Å². The van der Waals surface area contributed by atoms with E-state index in [2.05, 4.69) is 0 Å². The van der Waals surface area contributed by atoms with Crippen molar-refractivity contribution >= 4 is 23.5 Å². The number of hydrogen-bond donors (Lipinski definition) is 0. The standard InChI is InChI=1S/2C17H16O3/c2*1-2-20-17(19)15(13-9-5-3-6-10-13)16(18)14-11-7-4-8-12-14/h2*3-12,15H,2H2,1H3/t2*15-/m10/s1. The van der Waals surface area contributed by atoms with Crippen molar-refractivity contribution in [2.24, 2.45) is 0 Å². The van der Waals surface area contributed by atoms with Crippen LogP contribution in [-0.2, 0) is 19.1 Å². The highest BCUT2D eigenvalue weighted by atomic mass is 16.5. The lowest BCUT2D eigenvalue weighted by Gasteiger charge is -2.15. The number of hydrogen-bond acceptors (Lipinski definition) is 6. The first-order chi connectivity index (χ1) is 19.5. The van der Waals surface area contributed by atoms with Crippen molar-refractivity contribution in [3.8, 4) is 0 Å². The predicted octanol–water partition coefficient (Wildman–Crippen LogP) is 6.43. The summed E-state index contributed by atoms with van der Waals surface area (Å²) >= 11 is 0. The number of benzene rings is 4. The Bertz CT molecular complexity index is 1260. The van der Waals surface area contributed by atoms with E-state index < -0.39 is 23.8 Å². The van der Waals surface area contributed by atoms with Crippen LogP contribution in [-0.4, -0.2) is 36.7 Å². The fourth-order valence-electron chi connectivity index (χ4n) is 4.07. The van der Waals surface area contributed by atoms with E-state index in [1.54, 1.807) is 111 Å². The third-order valence-corrected chi connectivity index (χ3v) is 5.95. The number of carbonyl (C=O) groups excluding carboxylic acids is 4. The molecular formula is C34H32O6. The normalized spacial score (nSPS) is 11.7. The molecule has 0 aliphatic heterocycles. The Morgan fingerprint density at radius 3 is 1.02 bits per heavy atom. The number of carbonyl (C=O) groups is 4. The van der Waals surface area contributed by atoms with Gasteiger partial charge in [-0.25, -0.2) is 0 Å². The Labute approximate surface area is 234 Å². The highest BCUT2D eigenvalue weighted by molar-refractivity contribution is 6.13. The third-order valence-electron chi connectivity index (χ3n) is 5.95. The van der Waals surface area contributed by atoms with Gasteiger partial charge in [-0.2, -0.15) is 0 Å². The second-order valence-corrected chi connectivity index (χ2v) is 8.65. The molecule has 0 saturated heterocycles. The number of ketones is 2. The maximum Gasteiger partial charge on any atom is 0.321 e. The van der Waals surface area contributed by atoms with Crippen molar-refractivity contribution in [2.45, 2.75) is 25.7 Å². The van der Waals surface area contributed by atoms with E-state index in [-0.39, 0.29) is 24.8 Å². The molecule has 0 heterocycles. The fourth-order valence-corrected chi connectivity index (χ4v) is 4.07. The van der Waals surface area contributed by atoms with Crippen molar-refractivity contribution in [3.05, 3.63) is 144 Å². The molecular weight excluding hydrogens is 504 g/mol. The molecule has 0 N–H and O–H groups in total. The van der Waals surface area contributed by atoms with Crippen LogP contribution < -0.4 is 0 Å². The lowest BCUT2D eigenvalue weighted by molar-refractivity contribution is -0.144. The molecule has 0 aromatic heterocycles. The van der Waals surface area contributed by atoms with E-state index in [0.29, 0.717) is 22.3 Å². The smallest absolute Gasteiger partial charge is 0.321 e. The second-order valence-electron chi connectivity index (χ2n) is 8.65. The molecule has 0 saturated carbocycles. The molecule has 2 atom stereocenters. The van der Waals surface area contributed by atoms with Gasteiger partial charge in [0.25, 0.3) is 0 Å². The van der Waals surface area contributed by atoms with Crippen LogP contribution in [0.25, 0.3) is 0 Å². The van der Waals surface area contributed by atoms with E-state index >= 15 is 0 Å². The fraction of sp³-hybridized carbons (Fsp3) is 0.176. The first kappa shape index (κ1) is 29.7. The van der Waals surface area contributed by atoms with Gasteiger partial charge < -0.3 is 9.47 Å². The summed E-state index contributed by atoms with van der Waals surface area (Å²) in [5, 5.41) is 0. The molecule has 0 amide bonds. The summed E-state index contributed by atoms with van der Waals surface area (Å²) in [6.07, 6.45) is 0. The minimum absolute atomic E-state index is 0.241. The second kappa shape index (κ2) is 15.5. The quantitative estimate of drug-likeness (QED) is 0.132. The van der Waals surface area contributed by atoms with E-state index in [1.807, 2.05) is 24.3 Å². The SMILES string of the molecule is CCOC(=O)[C@@H](C(=O)c1ccccc1)c1ccccc1.CCOC(=O)[C@H](C(=O)c1ccccc1)c1ccccc1. The molecule has 0 aliphatic rings. The van der Waals surface area contributed by atoms with Crippen LogP contribution >= 0.6 is 0 Å². The molecule has 0 aliphatic carbocycles. The van der Waals surface area contributed by atoms with E-state index in [0.717, 1.165) is 0 Å². The lowest BCUT2D eigenvalue weighted by atomic mass is 9.91. The van der Waals surface area contributed by atoms with Crippen LogP contribution in [0.1, 0.15) is 57.5 Å². The molecule has 6 heteroatoms. The van der Waals surface area contributed by atoms with Crippen LogP contribution in [0.4, 0.5) is 0 Å². The Morgan fingerprint density at radius 1 is 0.475 bits per heavy atom. The largest absolute Gasteiger partial charge is 0.465 e. The minimum atomic E-state index is -0.904. The Kier molecular flexibility index (Phi) is 11.5. The first-order valence-electron chi connectivity index (χ1n) is 13.1. The molecule has 0 unspecified atom stereocenters. The number of ether oxygens (including phenoxy) is 2. The molecule has 0 bridgehead atoms. The summed E-state index contributed by atoms with van der Waals surface area (Å²) in [7, 11) is 0. The van der Waals surface area contributed by atoms with Gasteiger partial charge in [0.2, 0.25) is 0 Å². The van der Waals surface area contributed by atoms with Gasteiger partial charge in [-0.05, 0) is 25.0 Å². The molecule has 4 rings (SSSR count). The Morgan fingerprint density at radius 2 is 0.750 bits per heavy atom. The number of Topliss-reactive ketones (excluding diaryl/α,β-unsaturated/α-hetero) is 2. The highest BCUT2D eigenvalue weighted by Gasteiger charge is 2.31. The monoisotopic (exact) mass is 536 g/mol. The third kappa shape index (κ3) is 8.08. The Hall–Kier alpha value is -4.84. The number of esters is 2. The molecule has 204 valence electrons. The van der Waals surface area contributed by atoms with E-state index in [1.165, 1.54) is 0 Å². The van der Waals surface area contributed by atoms with Crippen molar-refractivity contribution in [1.82, 2.24) is 0 Å². The first-order valence-corrected chi connectivity index (χ1v) is 13.1. The zero-order chi connectivity index (χ0) is 28.7. The van der Waals surface area contributed by atoms with E-state index in [4.69, 9.17) is 9.47 Å². The zero-order valence-electron chi connectivity index (χ0n) is 22.6. The molecule has 4 aromatic rings. The van der Waals surface area contributed by atoms with Gasteiger partial charge in [0.05, 0.1) is 13.2 Å². The molecule has 0 spiro atoms. The zero-order valence-corrected chi connectivity index (χ0v) is 22.6. The molecule has 0 radical (unpaired) electrons. The van der Waals surface area contributed by atoms with Crippen LogP contribution in [0.3, 0.4) is 0 Å². The van der Waals surface area contributed by atoms with Crippen LogP contribution in [0.15, 0.2) is 121 Å². The molecule has 4 aromatic carbocycles. The molecule has 40 heavy (non-hydrogen) atoms. The summed E-state index contributed by atoms with van der Waals surface area (Å²) in [4.78, 5) is 49.4. The van der Waals surface area contributed by atoms with Gasteiger partial charge in [0, 0.05) is 11.1 Å². The number of rotatable bonds is 10. The maximum atomic E-state index is 12.6.